The molecule has 1 aliphatic heterocycles. The van der Waals surface area contributed by atoms with Crippen molar-refractivity contribution in [3.8, 4) is 0 Å². The van der Waals surface area contributed by atoms with Crippen LogP contribution in [0, 0.1) is 5.92 Å². The van der Waals surface area contributed by atoms with Crippen LogP contribution in [0.25, 0.3) is 0 Å². The number of rotatable bonds is 4. The maximum absolute atomic E-state index is 11.4. The molecule has 0 radical (unpaired) electrons. The van der Waals surface area contributed by atoms with Crippen LogP contribution in [0.5, 0.6) is 0 Å². The standard InChI is InChI=1S/C7H14N2O4S/c8-7(11)6-1-2-9(5-6)14(12,13)4-3-10/h6,10H,1-5H2,(H2,8,11). The van der Waals surface area contributed by atoms with Crippen molar-refractivity contribution >= 4 is 15.9 Å². The Kier molecular flexibility index (Phi) is 3.46. The lowest BCUT2D eigenvalue weighted by atomic mass is 10.1. The van der Waals surface area contributed by atoms with Gasteiger partial charge in [0, 0.05) is 13.1 Å². The molecule has 82 valence electrons. The first kappa shape index (κ1) is 11.4. The fraction of sp³-hybridized carbons (Fsp3) is 0.857. The van der Waals surface area contributed by atoms with Crippen LogP contribution >= 0.6 is 0 Å². The normalized spacial score (nSPS) is 23.9. The minimum atomic E-state index is -3.40. The number of nitrogens with zero attached hydrogens (tertiary/aromatic N) is 1. The first-order chi connectivity index (χ1) is 6.47. The molecule has 3 N–H and O–H groups in total. The maximum Gasteiger partial charge on any atom is 0.221 e. The molecule has 0 saturated carbocycles. The van der Waals surface area contributed by atoms with Crippen LogP contribution in [-0.4, -0.2) is 49.2 Å². The van der Waals surface area contributed by atoms with E-state index in [1.165, 1.54) is 4.31 Å². The van der Waals surface area contributed by atoms with Crippen molar-refractivity contribution in [1.82, 2.24) is 4.31 Å². The molecule has 1 amide bonds. The number of primary amides is 1. The van der Waals surface area contributed by atoms with Gasteiger partial charge in [-0.25, -0.2) is 12.7 Å². The number of aliphatic hydroxyl groups is 1. The van der Waals surface area contributed by atoms with Crippen LogP contribution in [-0.2, 0) is 14.8 Å². The molecule has 1 atom stereocenters. The van der Waals surface area contributed by atoms with Crippen LogP contribution in [0.4, 0.5) is 0 Å². The lowest BCUT2D eigenvalue weighted by Crippen LogP contribution is -2.34. The number of carbonyl (C=O) groups excluding carboxylic acids is 1. The zero-order chi connectivity index (χ0) is 10.8. The Labute approximate surface area is 82.7 Å². The van der Waals surface area contributed by atoms with Gasteiger partial charge in [0.15, 0.2) is 0 Å². The number of aliphatic hydroxyl groups excluding tert-OH is 1. The largest absolute Gasteiger partial charge is 0.395 e. The van der Waals surface area contributed by atoms with Crippen LogP contribution in [0.3, 0.4) is 0 Å². The van der Waals surface area contributed by atoms with E-state index in [2.05, 4.69) is 0 Å². The molecule has 1 saturated heterocycles. The number of nitrogens with two attached hydrogens (primary N) is 1. The zero-order valence-electron chi connectivity index (χ0n) is 7.72. The van der Waals surface area contributed by atoms with Gasteiger partial charge in [0.1, 0.15) is 0 Å². The summed E-state index contributed by atoms with van der Waals surface area (Å²) in [6.07, 6.45) is 0.472. The Bertz CT molecular complexity index is 314. The molecule has 0 aromatic carbocycles. The highest BCUT2D eigenvalue weighted by molar-refractivity contribution is 7.89. The molecule has 1 fully saturated rings. The number of hydrogen-bond acceptors (Lipinski definition) is 4. The molecule has 1 heterocycles. The SMILES string of the molecule is NC(=O)C1CCN(S(=O)(=O)CCO)C1. The van der Waals surface area contributed by atoms with Gasteiger partial charge in [-0.2, -0.15) is 0 Å². The molecular weight excluding hydrogens is 208 g/mol. The fourth-order valence-corrected chi connectivity index (χ4v) is 2.74. The van der Waals surface area contributed by atoms with Crippen LogP contribution in [0.15, 0.2) is 0 Å². The van der Waals surface area contributed by atoms with E-state index in [1.54, 1.807) is 0 Å². The molecule has 0 bridgehead atoms. The van der Waals surface area contributed by atoms with Gasteiger partial charge in [0.25, 0.3) is 0 Å². The summed E-state index contributed by atoms with van der Waals surface area (Å²) in [5.41, 5.74) is 5.07. The van der Waals surface area contributed by atoms with Gasteiger partial charge in [-0.3, -0.25) is 4.79 Å². The van der Waals surface area contributed by atoms with E-state index >= 15 is 0 Å². The topological polar surface area (TPSA) is 101 Å². The van der Waals surface area contributed by atoms with Crippen molar-refractivity contribution in [2.24, 2.45) is 11.7 Å². The molecule has 1 rings (SSSR count). The van der Waals surface area contributed by atoms with Crippen molar-refractivity contribution in [2.75, 3.05) is 25.4 Å². The smallest absolute Gasteiger partial charge is 0.221 e. The molecule has 14 heavy (non-hydrogen) atoms. The van der Waals surface area contributed by atoms with Gasteiger partial charge in [0.2, 0.25) is 15.9 Å². The Morgan fingerprint density at radius 2 is 2.21 bits per heavy atom. The van der Waals surface area contributed by atoms with Gasteiger partial charge in [-0.05, 0) is 6.42 Å². The summed E-state index contributed by atoms with van der Waals surface area (Å²) in [5.74, 6) is -1.14. The molecule has 1 aliphatic rings. The summed E-state index contributed by atoms with van der Waals surface area (Å²) >= 11 is 0. The lowest BCUT2D eigenvalue weighted by Gasteiger charge is -2.14. The Morgan fingerprint density at radius 1 is 1.57 bits per heavy atom. The Hall–Kier alpha value is -0.660. The third kappa shape index (κ3) is 2.43. The summed E-state index contributed by atoms with van der Waals surface area (Å²) in [4.78, 5) is 10.8. The van der Waals surface area contributed by atoms with Crippen molar-refractivity contribution < 1.29 is 18.3 Å². The van der Waals surface area contributed by atoms with Crippen molar-refractivity contribution in [2.45, 2.75) is 6.42 Å². The van der Waals surface area contributed by atoms with Crippen molar-refractivity contribution in [3.05, 3.63) is 0 Å². The van der Waals surface area contributed by atoms with E-state index in [4.69, 9.17) is 10.8 Å². The predicted molar refractivity (Wildman–Crippen MR) is 49.7 cm³/mol. The molecule has 0 aromatic heterocycles. The van der Waals surface area contributed by atoms with E-state index in [1.807, 2.05) is 0 Å². The third-order valence-corrected chi connectivity index (χ3v) is 4.11. The van der Waals surface area contributed by atoms with Gasteiger partial charge in [-0.1, -0.05) is 0 Å². The van der Waals surface area contributed by atoms with E-state index in [-0.39, 0.29) is 18.2 Å². The lowest BCUT2D eigenvalue weighted by molar-refractivity contribution is -0.121. The molecule has 7 heteroatoms. The average Bonchev–Trinajstić information content (AvgIpc) is 2.51. The summed E-state index contributed by atoms with van der Waals surface area (Å²) in [6.45, 7) is 0.0632. The molecule has 0 spiro atoms. The quantitative estimate of drug-likeness (QED) is 0.581. The molecule has 0 aliphatic carbocycles. The molecule has 1 unspecified atom stereocenters. The second-order valence-electron chi connectivity index (χ2n) is 3.29. The number of sulfonamides is 1. The third-order valence-electron chi connectivity index (χ3n) is 2.30. The zero-order valence-corrected chi connectivity index (χ0v) is 8.53. The molecular formula is C7H14N2O4S. The van der Waals surface area contributed by atoms with Crippen LogP contribution in [0.2, 0.25) is 0 Å². The monoisotopic (exact) mass is 222 g/mol. The second-order valence-corrected chi connectivity index (χ2v) is 5.37. The summed E-state index contributed by atoms with van der Waals surface area (Å²) < 4.78 is 24.0. The number of hydrogen-bond donors (Lipinski definition) is 2. The Morgan fingerprint density at radius 3 is 2.64 bits per heavy atom. The maximum atomic E-state index is 11.4. The molecule has 6 nitrogen and oxygen atoms in total. The highest BCUT2D eigenvalue weighted by atomic mass is 32.2. The number of carbonyl (C=O) groups is 1. The summed E-state index contributed by atoms with van der Waals surface area (Å²) in [6, 6.07) is 0. The van der Waals surface area contributed by atoms with Gasteiger partial charge in [0.05, 0.1) is 18.3 Å². The minimum absolute atomic E-state index is 0.150. The first-order valence-corrected chi connectivity index (χ1v) is 5.96. The van der Waals surface area contributed by atoms with E-state index in [0.717, 1.165) is 0 Å². The highest BCUT2D eigenvalue weighted by Crippen LogP contribution is 2.18. The van der Waals surface area contributed by atoms with Gasteiger partial charge < -0.3 is 10.8 Å². The van der Waals surface area contributed by atoms with Crippen molar-refractivity contribution in [3.63, 3.8) is 0 Å². The summed E-state index contributed by atoms with van der Waals surface area (Å²) in [5, 5.41) is 8.54. The highest BCUT2D eigenvalue weighted by Gasteiger charge is 2.33. The van der Waals surface area contributed by atoms with E-state index in [9.17, 15) is 13.2 Å². The van der Waals surface area contributed by atoms with E-state index in [0.29, 0.717) is 13.0 Å². The second kappa shape index (κ2) is 4.24. The first-order valence-electron chi connectivity index (χ1n) is 4.35. The van der Waals surface area contributed by atoms with Crippen molar-refractivity contribution in [1.29, 1.82) is 0 Å². The van der Waals surface area contributed by atoms with Gasteiger partial charge in [-0.15, -0.1) is 0 Å². The molecule has 0 aromatic rings. The van der Waals surface area contributed by atoms with Gasteiger partial charge >= 0.3 is 0 Å². The average molecular weight is 222 g/mol. The van der Waals surface area contributed by atoms with E-state index < -0.39 is 22.5 Å². The Balaban J connectivity index is 2.62. The van der Waals surface area contributed by atoms with Crippen LogP contribution in [0.1, 0.15) is 6.42 Å². The summed E-state index contributed by atoms with van der Waals surface area (Å²) in [7, 11) is -3.40. The predicted octanol–water partition coefficient (Wildman–Crippen LogP) is -1.88. The van der Waals surface area contributed by atoms with Crippen LogP contribution < -0.4 is 5.73 Å². The number of amides is 1. The minimum Gasteiger partial charge on any atom is -0.395 e. The fourth-order valence-electron chi connectivity index (χ4n) is 1.46.